The van der Waals surface area contributed by atoms with Crippen molar-refractivity contribution in [2.45, 2.75) is 33.5 Å². The van der Waals surface area contributed by atoms with Crippen molar-refractivity contribution < 1.29 is 0 Å². The van der Waals surface area contributed by atoms with Gasteiger partial charge in [-0.3, -0.25) is 0 Å². The summed E-state index contributed by atoms with van der Waals surface area (Å²) >= 11 is 2.36. The zero-order valence-electron chi connectivity index (χ0n) is 32.5. The van der Waals surface area contributed by atoms with Crippen molar-refractivity contribution in [3.63, 3.8) is 0 Å². The van der Waals surface area contributed by atoms with Crippen LogP contribution >= 0.6 is 22.6 Å². The summed E-state index contributed by atoms with van der Waals surface area (Å²) in [6.45, 7) is 11.0. The van der Waals surface area contributed by atoms with Crippen LogP contribution in [0.3, 0.4) is 0 Å². The van der Waals surface area contributed by atoms with Crippen LogP contribution in [-0.4, -0.2) is 30.9 Å². The molecule has 0 fully saturated rings. The minimum absolute atomic E-state index is 0.843. The molecule has 6 heteroatoms. The molecule has 0 amide bonds. The topological polar surface area (TPSA) is 49.4 Å². The first-order chi connectivity index (χ1) is 27.6. The molecular formula is C51H39IN4Si. The van der Waals surface area contributed by atoms with E-state index >= 15 is 0 Å². The Kier molecular flexibility index (Phi) is 9.52. The molecule has 4 aromatic rings. The van der Waals surface area contributed by atoms with Crippen LogP contribution in [0.1, 0.15) is 38.9 Å². The highest BCUT2D eigenvalue weighted by Crippen LogP contribution is 2.38. The molecule has 4 nitrogen and oxygen atoms in total. The van der Waals surface area contributed by atoms with Gasteiger partial charge in [-0.2, -0.15) is 0 Å². The first-order valence-corrected chi connectivity index (χ1v) is 23.7. The lowest BCUT2D eigenvalue weighted by Gasteiger charge is -2.13. The standard InChI is InChI=1S/C51H39IN4Si/c1-32-6-12-35(13-7-32)48-40-22-23-41(53-40)49(36-14-8-33(2)9-15-36)43-25-28-46(55-43)51(38-18-20-39(52)21-19-38)47-29-27-45(56-47)50(44-26-24-42(48)54-44)37-16-10-34(11-17-37)30-31-57(3,4)5/h6-29H,1-5H3. The molecule has 0 aromatic heterocycles. The Labute approximate surface area is 349 Å². The van der Waals surface area contributed by atoms with Gasteiger partial charge in [0, 0.05) is 31.4 Å². The van der Waals surface area contributed by atoms with Gasteiger partial charge in [0.05, 0.1) is 45.6 Å². The van der Waals surface area contributed by atoms with Crippen molar-refractivity contribution in [2.24, 2.45) is 20.0 Å². The molecule has 0 atom stereocenters. The molecular weight excluding hydrogens is 824 g/mol. The summed E-state index contributed by atoms with van der Waals surface area (Å²) in [6, 6.07) is 34.4. The molecule has 0 saturated carbocycles. The highest BCUT2D eigenvalue weighted by Gasteiger charge is 2.27. The van der Waals surface area contributed by atoms with Gasteiger partial charge in [0.15, 0.2) is 0 Å². The number of benzene rings is 4. The summed E-state index contributed by atoms with van der Waals surface area (Å²) < 4.78 is 1.17. The van der Waals surface area contributed by atoms with Crippen LogP contribution < -0.4 is 0 Å². The Morgan fingerprint density at radius 2 is 0.702 bits per heavy atom. The average Bonchev–Trinajstić information content (AvgIpc) is 4.04. The molecule has 57 heavy (non-hydrogen) atoms. The summed E-state index contributed by atoms with van der Waals surface area (Å²) in [6.07, 6.45) is 16.9. The Morgan fingerprint density at radius 1 is 0.404 bits per heavy atom. The SMILES string of the molecule is Cc1ccc(C2=C3C=CC(=N3)C(c3ccc(C#C[Si](C)(C)C)cc3)=C3C=CC(=N3)C(c3ccc(I)cc3)=C3C=CC(=N3)C(c3ccc(C)cc3)=C3C=CC2=N3)cc1. The van der Waals surface area contributed by atoms with E-state index in [1.54, 1.807) is 0 Å². The molecule has 0 aliphatic carbocycles. The van der Waals surface area contributed by atoms with Gasteiger partial charge in [-0.05, 0) is 132 Å². The lowest BCUT2D eigenvalue weighted by molar-refractivity contribution is 1.39. The minimum atomic E-state index is -1.53. The van der Waals surface area contributed by atoms with Crippen LogP contribution in [0, 0.1) is 28.9 Å². The summed E-state index contributed by atoms with van der Waals surface area (Å²) in [7, 11) is -1.53. The zero-order chi connectivity index (χ0) is 39.3. The van der Waals surface area contributed by atoms with Crippen LogP contribution in [-0.2, 0) is 0 Å². The highest BCUT2D eigenvalue weighted by molar-refractivity contribution is 14.1. The first-order valence-electron chi connectivity index (χ1n) is 19.2. The van der Waals surface area contributed by atoms with Crippen LogP contribution in [0.15, 0.2) is 188 Å². The van der Waals surface area contributed by atoms with Gasteiger partial charge < -0.3 is 0 Å². The molecule has 0 spiro atoms. The molecule has 0 saturated heterocycles. The molecule has 0 radical (unpaired) electrons. The Morgan fingerprint density at radius 3 is 1.02 bits per heavy atom. The number of rotatable bonds is 4. The molecule has 274 valence electrons. The van der Waals surface area contributed by atoms with Crippen LogP contribution in [0.25, 0.3) is 22.3 Å². The summed E-state index contributed by atoms with van der Waals surface area (Å²) in [5.41, 5.74) is 21.8. The van der Waals surface area contributed by atoms with E-state index in [1.807, 2.05) is 0 Å². The van der Waals surface area contributed by atoms with Gasteiger partial charge in [-0.25, -0.2) is 20.0 Å². The molecule has 4 aromatic carbocycles. The van der Waals surface area contributed by atoms with E-state index in [0.717, 1.165) is 95.7 Å². The van der Waals surface area contributed by atoms with Gasteiger partial charge >= 0.3 is 0 Å². The quantitative estimate of drug-likeness (QED) is 0.112. The van der Waals surface area contributed by atoms with Crippen molar-refractivity contribution >= 4 is 75.8 Å². The largest absolute Gasteiger partial charge is 0.248 e. The normalized spacial score (nSPS) is 17.0. The maximum Gasteiger partial charge on any atom is 0.129 e. The third kappa shape index (κ3) is 7.49. The average molecular weight is 863 g/mol. The predicted octanol–water partition coefficient (Wildman–Crippen LogP) is 12.1. The predicted molar refractivity (Wildman–Crippen MR) is 252 cm³/mol. The van der Waals surface area contributed by atoms with Gasteiger partial charge in [0.2, 0.25) is 0 Å². The second kappa shape index (κ2) is 14.8. The molecule has 5 aliphatic rings. The van der Waals surface area contributed by atoms with E-state index in [9.17, 15) is 0 Å². The number of hydrogen-bond acceptors (Lipinski definition) is 4. The summed E-state index contributed by atoms with van der Waals surface area (Å²) in [5, 5.41) is 0. The molecule has 8 bridgehead atoms. The number of hydrogen-bond donors (Lipinski definition) is 0. The molecule has 5 heterocycles. The van der Waals surface area contributed by atoms with Crippen LogP contribution in [0.5, 0.6) is 0 Å². The fourth-order valence-electron chi connectivity index (χ4n) is 7.31. The highest BCUT2D eigenvalue weighted by atomic mass is 127. The maximum absolute atomic E-state index is 5.42. The minimum Gasteiger partial charge on any atom is -0.248 e. The fourth-order valence-corrected chi connectivity index (χ4v) is 8.19. The Bertz CT molecular complexity index is 2780. The lowest BCUT2D eigenvalue weighted by Crippen LogP contribution is -2.16. The fraction of sp³-hybridized carbons (Fsp3) is 0.0980. The van der Waals surface area contributed by atoms with E-state index in [1.165, 1.54) is 14.7 Å². The third-order valence-electron chi connectivity index (χ3n) is 10.2. The van der Waals surface area contributed by atoms with Crippen molar-refractivity contribution in [3.8, 4) is 11.5 Å². The maximum atomic E-state index is 5.42. The molecule has 9 rings (SSSR count). The Balaban J connectivity index is 1.33. The summed E-state index contributed by atoms with van der Waals surface area (Å²) in [4.78, 5) is 21.6. The van der Waals surface area contributed by atoms with Gasteiger partial charge in [-0.15, -0.1) is 5.54 Å². The lowest BCUT2D eigenvalue weighted by atomic mass is 9.97. The van der Waals surface area contributed by atoms with E-state index in [2.05, 4.69) is 213 Å². The van der Waals surface area contributed by atoms with Crippen molar-refractivity contribution in [2.75, 3.05) is 0 Å². The number of allylic oxidation sites excluding steroid dienone is 12. The van der Waals surface area contributed by atoms with E-state index in [4.69, 9.17) is 20.0 Å². The van der Waals surface area contributed by atoms with Gasteiger partial charge in [0.25, 0.3) is 0 Å². The number of aliphatic imine (C=N–C) groups is 4. The van der Waals surface area contributed by atoms with Crippen molar-refractivity contribution in [1.29, 1.82) is 0 Å². The van der Waals surface area contributed by atoms with E-state index in [-0.39, 0.29) is 0 Å². The van der Waals surface area contributed by atoms with Crippen LogP contribution in [0.4, 0.5) is 0 Å². The molecule has 5 aliphatic heterocycles. The number of nitrogens with zero attached hydrogens (tertiary/aromatic N) is 4. The van der Waals surface area contributed by atoms with Crippen LogP contribution in [0.2, 0.25) is 19.6 Å². The third-order valence-corrected chi connectivity index (χ3v) is 11.8. The van der Waals surface area contributed by atoms with Gasteiger partial charge in [0.1, 0.15) is 8.07 Å². The van der Waals surface area contributed by atoms with E-state index in [0.29, 0.717) is 0 Å². The molecule has 0 N–H and O–H groups in total. The van der Waals surface area contributed by atoms with Gasteiger partial charge in [-0.1, -0.05) is 109 Å². The summed E-state index contributed by atoms with van der Waals surface area (Å²) in [5.74, 6) is 3.42. The monoisotopic (exact) mass is 862 g/mol. The van der Waals surface area contributed by atoms with Crippen molar-refractivity contribution in [3.05, 3.63) is 211 Å². The first kappa shape index (κ1) is 36.6. The zero-order valence-corrected chi connectivity index (χ0v) is 35.7. The number of halogens is 1. The van der Waals surface area contributed by atoms with E-state index < -0.39 is 8.07 Å². The van der Waals surface area contributed by atoms with Crippen molar-refractivity contribution in [1.82, 2.24) is 0 Å². The second-order valence-electron chi connectivity index (χ2n) is 15.7. The molecule has 0 unspecified atom stereocenters. The number of fused-ring (bicyclic) bond motifs is 4. The Hall–Kier alpha value is -6.01. The smallest absolute Gasteiger partial charge is 0.129 e. The number of aryl methyl sites for hydroxylation is 2. The second-order valence-corrected chi connectivity index (χ2v) is 21.7.